The van der Waals surface area contributed by atoms with Crippen molar-refractivity contribution in [1.82, 2.24) is 4.90 Å². The Bertz CT molecular complexity index is 757. The molecule has 2 heterocycles. The van der Waals surface area contributed by atoms with Gasteiger partial charge in [-0.3, -0.25) is 0 Å². The largest absolute Gasteiger partial charge is 0.496 e. The number of urea groups is 1. The van der Waals surface area contributed by atoms with Crippen molar-refractivity contribution in [3.05, 3.63) is 47.9 Å². The molecule has 0 spiro atoms. The van der Waals surface area contributed by atoms with E-state index in [1.165, 1.54) is 14.2 Å². The van der Waals surface area contributed by atoms with Crippen LogP contribution in [0.1, 0.15) is 35.0 Å². The molecule has 1 aliphatic rings. The summed E-state index contributed by atoms with van der Waals surface area (Å²) in [6.07, 6.45) is 3.40. The van der Waals surface area contributed by atoms with E-state index >= 15 is 0 Å². The van der Waals surface area contributed by atoms with Crippen LogP contribution < -0.4 is 10.1 Å². The minimum Gasteiger partial charge on any atom is -0.496 e. The Hall–Kier alpha value is -2.96. The molecule has 0 aliphatic carbocycles. The van der Waals surface area contributed by atoms with Crippen molar-refractivity contribution < 1.29 is 23.5 Å². The first-order valence-electron chi connectivity index (χ1n) is 8.01. The lowest BCUT2D eigenvalue weighted by Crippen LogP contribution is -2.34. The molecule has 0 bridgehead atoms. The van der Waals surface area contributed by atoms with E-state index in [0.717, 1.165) is 18.6 Å². The van der Waals surface area contributed by atoms with E-state index in [2.05, 4.69) is 5.32 Å². The summed E-state index contributed by atoms with van der Waals surface area (Å²) in [4.78, 5) is 26.1. The van der Waals surface area contributed by atoms with Crippen molar-refractivity contribution >= 4 is 17.7 Å². The fraction of sp³-hybridized carbons (Fsp3) is 0.333. The Labute approximate surface area is 145 Å². The number of carbonyl (C=O) groups excluding carboxylic acids is 2. The number of carbonyl (C=O) groups is 2. The number of amides is 2. The number of rotatable bonds is 4. The first-order chi connectivity index (χ1) is 12.1. The summed E-state index contributed by atoms with van der Waals surface area (Å²) < 4.78 is 15.4. The summed E-state index contributed by atoms with van der Waals surface area (Å²) in [5.41, 5.74) is 0.845. The molecule has 7 heteroatoms. The Kier molecular flexibility index (Phi) is 4.92. The van der Waals surface area contributed by atoms with E-state index in [1.54, 1.807) is 29.4 Å². The highest BCUT2D eigenvalue weighted by Gasteiger charge is 2.31. The highest BCUT2D eigenvalue weighted by Crippen LogP contribution is 2.33. The van der Waals surface area contributed by atoms with Crippen LogP contribution in [-0.4, -0.2) is 37.7 Å². The standard InChI is InChI=1S/C18H20N2O5/c1-23-16-11-12(7-8-13(16)17(21)24-2)19-18(22)20-9-3-5-14(20)15-6-4-10-25-15/h4,6-8,10-11,14H,3,5,9H2,1-2H3,(H,19,22). The van der Waals surface area contributed by atoms with Crippen molar-refractivity contribution in [2.75, 3.05) is 26.1 Å². The van der Waals surface area contributed by atoms with E-state index < -0.39 is 5.97 Å². The van der Waals surface area contributed by atoms with Crippen LogP contribution in [-0.2, 0) is 4.74 Å². The number of hydrogen-bond donors (Lipinski definition) is 1. The van der Waals surface area contributed by atoms with Crippen LogP contribution in [0.15, 0.2) is 41.0 Å². The SMILES string of the molecule is COC(=O)c1ccc(NC(=O)N2CCCC2c2ccco2)cc1OC. The average molecular weight is 344 g/mol. The molecule has 1 N–H and O–H groups in total. The lowest BCUT2D eigenvalue weighted by atomic mass is 10.1. The number of methoxy groups -OCH3 is 2. The normalized spacial score (nSPS) is 16.6. The van der Waals surface area contributed by atoms with Gasteiger partial charge in [-0.15, -0.1) is 0 Å². The number of benzene rings is 1. The minimum absolute atomic E-state index is 0.0637. The molecule has 1 atom stereocenters. The molecule has 3 rings (SSSR count). The Morgan fingerprint density at radius 2 is 2.12 bits per heavy atom. The van der Waals surface area contributed by atoms with Crippen LogP contribution in [0.25, 0.3) is 0 Å². The second kappa shape index (κ2) is 7.29. The number of nitrogens with one attached hydrogen (secondary N) is 1. The maximum atomic E-state index is 12.6. The lowest BCUT2D eigenvalue weighted by molar-refractivity contribution is 0.0597. The fourth-order valence-corrected chi connectivity index (χ4v) is 3.03. The second-order valence-electron chi connectivity index (χ2n) is 5.70. The number of likely N-dealkylation sites (tertiary alicyclic amines) is 1. The van der Waals surface area contributed by atoms with Crippen LogP contribution in [0.4, 0.5) is 10.5 Å². The van der Waals surface area contributed by atoms with Crippen LogP contribution in [0.3, 0.4) is 0 Å². The molecule has 1 aromatic heterocycles. The molecular formula is C18H20N2O5. The number of esters is 1. The van der Waals surface area contributed by atoms with Gasteiger partial charge in [0.15, 0.2) is 0 Å². The van der Waals surface area contributed by atoms with Gasteiger partial charge in [-0.05, 0) is 37.1 Å². The molecule has 7 nitrogen and oxygen atoms in total. The number of ether oxygens (including phenoxy) is 2. The van der Waals surface area contributed by atoms with E-state index in [-0.39, 0.29) is 12.1 Å². The molecule has 132 valence electrons. The highest BCUT2D eigenvalue weighted by atomic mass is 16.5. The first kappa shape index (κ1) is 16.9. The van der Waals surface area contributed by atoms with Gasteiger partial charge in [0.2, 0.25) is 0 Å². The molecule has 1 aromatic carbocycles. The van der Waals surface area contributed by atoms with Crippen molar-refractivity contribution in [2.45, 2.75) is 18.9 Å². The molecule has 0 saturated carbocycles. The second-order valence-corrected chi connectivity index (χ2v) is 5.70. The predicted octanol–water partition coefficient (Wildman–Crippen LogP) is 3.44. The van der Waals surface area contributed by atoms with Gasteiger partial charge in [0.25, 0.3) is 0 Å². The van der Waals surface area contributed by atoms with Gasteiger partial charge < -0.3 is 24.1 Å². The molecule has 1 aliphatic heterocycles. The lowest BCUT2D eigenvalue weighted by Gasteiger charge is -2.23. The monoisotopic (exact) mass is 344 g/mol. The van der Waals surface area contributed by atoms with Crippen molar-refractivity contribution in [1.29, 1.82) is 0 Å². The molecule has 2 aromatic rings. The average Bonchev–Trinajstić information content (AvgIpc) is 3.31. The summed E-state index contributed by atoms with van der Waals surface area (Å²) >= 11 is 0. The summed E-state index contributed by atoms with van der Waals surface area (Å²) in [6.45, 7) is 0.661. The molecule has 0 radical (unpaired) electrons. The molecule has 25 heavy (non-hydrogen) atoms. The van der Waals surface area contributed by atoms with E-state index in [4.69, 9.17) is 13.9 Å². The summed E-state index contributed by atoms with van der Waals surface area (Å²) in [6, 6.07) is 8.23. The summed E-state index contributed by atoms with van der Waals surface area (Å²) in [5.74, 6) is 0.632. The summed E-state index contributed by atoms with van der Waals surface area (Å²) in [5, 5.41) is 2.85. The molecule has 2 amide bonds. The summed E-state index contributed by atoms with van der Waals surface area (Å²) in [7, 11) is 2.76. The Morgan fingerprint density at radius 1 is 1.28 bits per heavy atom. The van der Waals surface area contributed by atoms with Gasteiger partial charge in [-0.1, -0.05) is 0 Å². The van der Waals surface area contributed by atoms with Gasteiger partial charge >= 0.3 is 12.0 Å². The molecule has 1 fully saturated rings. The number of anilines is 1. The Morgan fingerprint density at radius 3 is 2.80 bits per heavy atom. The van der Waals surface area contributed by atoms with Crippen molar-refractivity contribution in [2.24, 2.45) is 0 Å². The molecule has 1 saturated heterocycles. The zero-order valence-corrected chi connectivity index (χ0v) is 14.2. The topological polar surface area (TPSA) is 81.0 Å². The third-order valence-corrected chi connectivity index (χ3v) is 4.24. The van der Waals surface area contributed by atoms with Gasteiger partial charge in [0, 0.05) is 18.3 Å². The zero-order chi connectivity index (χ0) is 17.8. The third-order valence-electron chi connectivity index (χ3n) is 4.24. The van der Waals surface area contributed by atoms with Crippen molar-refractivity contribution in [3.63, 3.8) is 0 Å². The maximum Gasteiger partial charge on any atom is 0.341 e. The molecule has 1 unspecified atom stereocenters. The van der Waals surface area contributed by atoms with E-state index in [9.17, 15) is 9.59 Å². The fourth-order valence-electron chi connectivity index (χ4n) is 3.03. The van der Waals surface area contributed by atoms with Gasteiger partial charge in [-0.25, -0.2) is 9.59 Å². The third kappa shape index (κ3) is 3.45. The Balaban J connectivity index is 1.75. The first-order valence-corrected chi connectivity index (χ1v) is 8.01. The minimum atomic E-state index is -0.493. The van der Waals surface area contributed by atoms with Gasteiger partial charge in [0.05, 0.1) is 26.5 Å². The zero-order valence-electron chi connectivity index (χ0n) is 14.2. The van der Waals surface area contributed by atoms with Crippen LogP contribution in [0, 0.1) is 0 Å². The molecular weight excluding hydrogens is 324 g/mol. The van der Waals surface area contributed by atoms with E-state index in [0.29, 0.717) is 23.5 Å². The predicted molar refractivity (Wildman–Crippen MR) is 90.7 cm³/mol. The van der Waals surface area contributed by atoms with Crippen molar-refractivity contribution in [3.8, 4) is 5.75 Å². The highest BCUT2D eigenvalue weighted by molar-refractivity contribution is 5.95. The van der Waals surface area contributed by atoms with Gasteiger partial charge in [0.1, 0.15) is 17.1 Å². The number of furan rings is 1. The van der Waals surface area contributed by atoms with Crippen LogP contribution >= 0.6 is 0 Å². The van der Waals surface area contributed by atoms with Crippen LogP contribution in [0.5, 0.6) is 5.75 Å². The maximum absolute atomic E-state index is 12.6. The quantitative estimate of drug-likeness (QED) is 0.859. The van der Waals surface area contributed by atoms with E-state index in [1.807, 2.05) is 12.1 Å². The van der Waals surface area contributed by atoms with Gasteiger partial charge in [-0.2, -0.15) is 0 Å². The van der Waals surface area contributed by atoms with Crippen LogP contribution in [0.2, 0.25) is 0 Å². The smallest absolute Gasteiger partial charge is 0.341 e. The number of nitrogens with zero attached hydrogens (tertiary/aromatic N) is 1. The number of hydrogen-bond acceptors (Lipinski definition) is 5.